The predicted octanol–water partition coefficient (Wildman–Crippen LogP) is 3.43. The number of benzene rings is 1. The number of fused-ring (bicyclic) bond motifs is 1. The van der Waals surface area contributed by atoms with Crippen molar-refractivity contribution in [3.8, 4) is 0 Å². The first-order chi connectivity index (χ1) is 8.54. The van der Waals surface area contributed by atoms with Crippen molar-refractivity contribution in [2.75, 3.05) is 0 Å². The molecule has 1 aromatic carbocycles. The Hall–Kier alpha value is -1.13. The first-order valence-electron chi connectivity index (χ1n) is 5.86. The lowest BCUT2D eigenvalue weighted by molar-refractivity contribution is -0.118. The molecule has 1 amide bonds. The molecule has 0 bridgehead atoms. The molecule has 0 unspecified atom stereocenters. The quantitative estimate of drug-likeness (QED) is 0.831. The molecule has 1 heterocycles. The lowest BCUT2D eigenvalue weighted by Gasteiger charge is -2.00. The van der Waals surface area contributed by atoms with Crippen LogP contribution in [0, 0.1) is 6.92 Å². The summed E-state index contributed by atoms with van der Waals surface area (Å²) in [5, 5.41) is 0.709. The summed E-state index contributed by atoms with van der Waals surface area (Å²) in [6.07, 6.45) is 1.30. The summed E-state index contributed by atoms with van der Waals surface area (Å²) >= 11 is 7.64. The fourth-order valence-corrected chi connectivity index (χ4v) is 3.28. The van der Waals surface area contributed by atoms with Crippen LogP contribution in [0.3, 0.4) is 0 Å². The van der Waals surface area contributed by atoms with Gasteiger partial charge in [-0.05, 0) is 25.0 Å². The Balaban J connectivity index is 2.68. The SMILES string of the molecule is CCCC(=O)N=c1sc2c(Cl)ccc(C)c2n1C. The van der Waals surface area contributed by atoms with Crippen molar-refractivity contribution in [3.63, 3.8) is 0 Å². The number of carbonyl (C=O) groups is 1. The van der Waals surface area contributed by atoms with Crippen LogP contribution in [0.15, 0.2) is 17.1 Å². The molecule has 0 N–H and O–H groups in total. The Labute approximate surface area is 115 Å². The topological polar surface area (TPSA) is 34.4 Å². The van der Waals surface area contributed by atoms with Crippen molar-refractivity contribution in [1.82, 2.24) is 4.57 Å². The van der Waals surface area contributed by atoms with E-state index in [1.807, 2.05) is 37.6 Å². The van der Waals surface area contributed by atoms with Gasteiger partial charge in [0.25, 0.3) is 0 Å². The van der Waals surface area contributed by atoms with Crippen LogP contribution in [-0.4, -0.2) is 10.5 Å². The van der Waals surface area contributed by atoms with E-state index in [9.17, 15) is 4.79 Å². The number of halogens is 1. The molecular weight excluding hydrogens is 268 g/mol. The molecule has 0 saturated heterocycles. The largest absolute Gasteiger partial charge is 0.319 e. The van der Waals surface area contributed by atoms with Gasteiger partial charge in [-0.1, -0.05) is 35.9 Å². The summed E-state index contributed by atoms with van der Waals surface area (Å²) in [6, 6.07) is 3.86. The molecule has 5 heteroatoms. The maximum absolute atomic E-state index is 11.6. The van der Waals surface area contributed by atoms with Gasteiger partial charge in [0, 0.05) is 13.5 Å². The van der Waals surface area contributed by atoms with Crippen LogP contribution >= 0.6 is 22.9 Å². The van der Waals surface area contributed by atoms with Gasteiger partial charge in [0.15, 0.2) is 4.80 Å². The number of hydrogen-bond acceptors (Lipinski definition) is 2. The maximum Gasteiger partial charge on any atom is 0.248 e. The molecule has 0 spiro atoms. The zero-order valence-corrected chi connectivity index (χ0v) is 12.2. The van der Waals surface area contributed by atoms with E-state index in [4.69, 9.17) is 11.6 Å². The Morgan fingerprint density at radius 2 is 2.22 bits per heavy atom. The van der Waals surface area contributed by atoms with E-state index in [-0.39, 0.29) is 5.91 Å². The molecule has 0 atom stereocenters. The second kappa shape index (κ2) is 5.24. The van der Waals surface area contributed by atoms with Crippen LogP contribution in [0.4, 0.5) is 0 Å². The van der Waals surface area contributed by atoms with E-state index in [0.717, 1.165) is 22.2 Å². The van der Waals surface area contributed by atoms with Gasteiger partial charge in [0.1, 0.15) is 0 Å². The Morgan fingerprint density at radius 3 is 2.83 bits per heavy atom. The second-order valence-electron chi connectivity index (χ2n) is 4.24. The minimum Gasteiger partial charge on any atom is -0.319 e. The number of aromatic nitrogens is 1. The van der Waals surface area contributed by atoms with Crippen molar-refractivity contribution in [1.29, 1.82) is 0 Å². The van der Waals surface area contributed by atoms with Crippen molar-refractivity contribution in [2.45, 2.75) is 26.7 Å². The van der Waals surface area contributed by atoms with Crippen molar-refractivity contribution in [3.05, 3.63) is 27.5 Å². The van der Waals surface area contributed by atoms with Gasteiger partial charge >= 0.3 is 0 Å². The van der Waals surface area contributed by atoms with E-state index >= 15 is 0 Å². The second-order valence-corrected chi connectivity index (χ2v) is 5.63. The average Bonchev–Trinajstić information content (AvgIpc) is 2.63. The van der Waals surface area contributed by atoms with Crippen molar-refractivity contribution < 1.29 is 4.79 Å². The molecular formula is C13H15ClN2OS. The Morgan fingerprint density at radius 1 is 1.50 bits per heavy atom. The van der Waals surface area contributed by atoms with Gasteiger partial charge in [0.05, 0.1) is 15.2 Å². The molecule has 3 nitrogen and oxygen atoms in total. The van der Waals surface area contributed by atoms with Gasteiger partial charge in [-0.25, -0.2) is 0 Å². The third kappa shape index (κ3) is 2.35. The molecule has 0 saturated carbocycles. The monoisotopic (exact) mass is 282 g/mol. The van der Waals surface area contributed by atoms with E-state index in [2.05, 4.69) is 4.99 Å². The molecule has 2 rings (SSSR count). The van der Waals surface area contributed by atoms with E-state index < -0.39 is 0 Å². The third-order valence-electron chi connectivity index (χ3n) is 2.79. The molecule has 0 aliphatic rings. The van der Waals surface area contributed by atoms with Crippen LogP contribution in [0.2, 0.25) is 5.02 Å². The molecule has 1 aromatic heterocycles. The Kier molecular flexibility index (Phi) is 3.88. The first kappa shape index (κ1) is 13.3. The normalized spacial score (nSPS) is 12.3. The van der Waals surface area contributed by atoms with Gasteiger partial charge in [-0.3, -0.25) is 4.79 Å². The number of amides is 1. The first-order valence-corrected chi connectivity index (χ1v) is 7.06. The van der Waals surface area contributed by atoms with Gasteiger partial charge in [0.2, 0.25) is 5.91 Å². The summed E-state index contributed by atoms with van der Waals surface area (Å²) in [7, 11) is 1.92. The highest BCUT2D eigenvalue weighted by atomic mass is 35.5. The lowest BCUT2D eigenvalue weighted by Crippen LogP contribution is -2.13. The summed E-state index contributed by atoms with van der Waals surface area (Å²) in [5.74, 6) is -0.0755. The highest BCUT2D eigenvalue weighted by molar-refractivity contribution is 7.17. The number of aryl methyl sites for hydroxylation is 2. The molecule has 0 radical (unpaired) electrons. The minimum absolute atomic E-state index is 0.0755. The summed E-state index contributed by atoms with van der Waals surface area (Å²) in [6.45, 7) is 4.00. The van der Waals surface area contributed by atoms with E-state index in [0.29, 0.717) is 16.2 Å². The van der Waals surface area contributed by atoms with Crippen molar-refractivity contribution >= 4 is 39.1 Å². The van der Waals surface area contributed by atoms with Crippen molar-refractivity contribution in [2.24, 2.45) is 12.0 Å². The highest BCUT2D eigenvalue weighted by Gasteiger charge is 2.09. The predicted molar refractivity (Wildman–Crippen MR) is 76.0 cm³/mol. The molecule has 96 valence electrons. The lowest BCUT2D eigenvalue weighted by atomic mass is 10.2. The summed E-state index contributed by atoms with van der Waals surface area (Å²) < 4.78 is 2.93. The van der Waals surface area contributed by atoms with Crippen LogP contribution in [-0.2, 0) is 11.8 Å². The van der Waals surface area contributed by atoms with E-state index in [1.54, 1.807) is 0 Å². The number of hydrogen-bond donors (Lipinski definition) is 0. The van der Waals surface area contributed by atoms with Gasteiger partial charge in [-0.15, -0.1) is 0 Å². The van der Waals surface area contributed by atoms with Crippen LogP contribution in [0.1, 0.15) is 25.3 Å². The highest BCUT2D eigenvalue weighted by Crippen LogP contribution is 2.28. The smallest absolute Gasteiger partial charge is 0.248 e. The number of rotatable bonds is 2. The zero-order chi connectivity index (χ0) is 13.3. The molecule has 0 aliphatic carbocycles. The van der Waals surface area contributed by atoms with Gasteiger partial charge in [-0.2, -0.15) is 4.99 Å². The molecule has 0 fully saturated rings. The fraction of sp³-hybridized carbons (Fsp3) is 0.385. The third-order valence-corrected chi connectivity index (χ3v) is 4.38. The number of carbonyl (C=O) groups excluding carboxylic acids is 1. The van der Waals surface area contributed by atoms with Crippen LogP contribution in [0.25, 0.3) is 10.2 Å². The number of thiazole rings is 1. The minimum atomic E-state index is -0.0755. The summed E-state index contributed by atoms with van der Waals surface area (Å²) in [4.78, 5) is 16.5. The van der Waals surface area contributed by atoms with E-state index in [1.165, 1.54) is 11.3 Å². The molecule has 0 aliphatic heterocycles. The van der Waals surface area contributed by atoms with Crippen LogP contribution in [0.5, 0.6) is 0 Å². The standard InChI is InChI=1S/C13H15ClN2OS/c1-4-5-10(17)15-13-16(3)11-8(2)6-7-9(14)12(11)18-13/h6-7H,4-5H2,1-3H3. The Bertz CT molecular complexity index is 669. The van der Waals surface area contributed by atoms with Crippen LogP contribution < -0.4 is 4.80 Å². The fourth-order valence-electron chi connectivity index (χ4n) is 1.89. The number of nitrogens with zero attached hydrogens (tertiary/aromatic N) is 2. The molecule has 18 heavy (non-hydrogen) atoms. The molecule has 2 aromatic rings. The van der Waals surface area contributed by atoms with Gasteiger partial charge < -0.3 is 4.57 Å². The maximum atomic E-state index is 11.6. The average molecular weight is 283 g/mol. The summed E-state index contributed by atoms with van der Waals surface area (Å²) in [5.41, 5.74) is 2.19. The zero-order valence-electron chi connectivity index (χ0n) is 10.7.